The number of benzene rings is 2. The number of aliphatic hydroxyl groups excluding tert-OH is 4. The highest BCUT2D eigenvalue weighted by molar-refractivity contribution is 5.67. The maximum absolute atomic E-state index is 11.5. The molecule has 4 heterocycles. The second kappa shape index (κ2) is 21.2. The minimum atomic E-state index is -1.66. The third kappa shape index (κ3) is 10.5. The molecule has 64 heavy (non-hydrogen) atoms. The molecule has 0 saturated heterocycles. The zero-order valence-corrected chi connectivity index (χ0v) is 38.6. The van der Waals surface area contributed by atoms with Gasteiger partial charge in [0.15, 0.2) is 6.10 Å². The zero-order valence-electron chi connectivity index (χ0n) is 38.6. The van der Waals surface area contributed by atoms with Gasteiger partial charge in [0.05, 0.1) is 6.61 Å². The number of aliphatic hydroxyl groups is 4. The van der Waals surface area contributed by atoms with Crippen molar-refractivity contribution in [2.24, 2.45) is 0 Å². The van der Waals surface area contributed by atoms with Gasteiger partial charge < -0.3 is 48.7 Å². The van der Waals surface area contributed by atoms with Gasteiger partial charge in [-0.3, -0.25) is 0 Å². The lowest BCUT2D eigenvalue weighted by atomic mass is 10.00. The number of aryl methyl sites for hydroxylation is 6. The number of rotatable bonds is 21. The molecule has 0 radical (unpaired) electrons. The number of aromatic nitrogens is 6. The number of ether oxygens (including phenoxy) is 2. The van der Waals surface area contributed by atoms with Gasteiger partial charge in [-0.15, -0.1) is 0 Å². The molecule has 342 valence electrons. The Labute approximate surface area is 374 Å². The van der Waals surface area contributed by atoms with E-state index in [0.717, 1.165) is 82.6 Å². The molecule has 16 nitrogen and oxygen atoms in total. The Morgan fingerprint density at radius 2 is 1.02 bits per heavy atom. The van der Waals surface area contributed by atoms with Gasteiger partial charge in [0, 0.05) is 59.8 Å². The summed E-state index contributed by atoms with van der Waals surface area (Å²) in [5.41, 5.74) is 7.59. The summed E-state index contributed by atoms with van der Waals surface area (Å²) >= 11 is 0. The quantitative estimate of drug-likeness (QED) is 0.0582. The van der Waals surface area contributed by atoms with E-state index in [1.807, 2.05) is 90.1 Å². The summed E-state index contributed by atoms with van der Waals surface area (Å²) in [6.07, 6.45) is -5.03. The van der Waals surface area contributed by atoms with Gasteiger partial charge in [-0.25, -0.2) is 9.97 Å². The Bertz CT molecular complexity index is 2500. The van der Waals surface area contributed by atoms with Crippen LogP contribution in [0.5, 0.6) is 11.5 Å². The predicted molar refractivity (Wildman–Crippen MR) is 246 cm³/mol. The maximum Gasteiger partial charge on any atom is 0.258 e. The lowest BCUT2D eigenvalue weighted by Crippen LogP contribution is -2.51. The lowest BCUT2D eigenvalue weighted by Gasteiger charge is -2.31. The molecule has 4 aromatic heterocycles. The van der Waals surface area contributed by atoms with Gasteiger partial charge in [-0.2, -0.15) is 9.97 Å². The van der Waals surface area contributed by atoms with Crippen molar-refractivity contribution < 1.29 is 38.9 Å². The minimum absolute atomic E-state index is 0.332. The summed E-state index contributed by atoms with van der Waals surface area (Å²) in [4.78, 5) is 23.1. The van der Waals surface area contributed by atoms with Gasteiger partial charge in [-0.1, -0.05) is 24.2 Å². The highest BCUT2D eigenvalue weighted by atomic mass is 16.5. The van der Waals surface area contributed by atoms with E-state index in [2.05, 4.69) is 57.8 Å². The smallest absolute Gasteiger partial charge is 0.258 e. The normalized spacial score (nSPS) is 13.4. The van der Waals surface area contributed by atoms with E-state index in [9.17, 15) is 20.4 Å². The van der Waals surface area contributed by atoms with Gasteiger partial charge in [-0.05, 0) is 139 Å². The summed E-state index contributed by atoms with van der Waals surface area (Å²) in [5, 5.41) is 52.4. The molecule has 0 bridgehead atoms. The van der Waals surface area contributed by atoms with Gasteiger partial charge in [0.2, 0.25) is 11.6 Å². The minimum Gasteiger partial charge on any atom is -0.490 e. The second-order valence-electron chi connectivity index (χ2n) is 15.9. The Balaban J connectivity index is 1.18. The van der Waals surface area contributed by atoms with E-state index in [0.29, 0.717) is 58.9 Å². The van der Waals surface area contributed by atoms with Crippen LogP contribution >= 0.6 is 0 Å². The number of hydrogen-bond acceptors (Lipinski definition) is 16. The molecule has 0 aliphatic rings. The zero-order chi connectivity index (χ0) is 46.2. The number of hydrogen-bond donors (Lipinski definition) is 4. The van der Waals surface area contributed by atoms with Crippen LogP contribution in [0, 0.1) is 27.7 Å². The van der Waals surface area contributed by atoms with Crippen LogP contribution in [0.25, 0.3) is 45.7 Å². The third-order valence-corrected chi connectivity index (χ3v) is 11.3. The number of nitrogens with zero attached hydrogens (tertiary/aromatic N) is 8. The van der Waals surface area contributed by atoms with Crippen LogP contribution in [0.2, 0.25) is 0 Å². The summed E-state index contributed by atoms with van der Waals surface area (Å²) in [6, 6.07) is 15.2. The molecule has 0 saturated carbocycles. The first kappa shape index (κ1) is 47.5. The first-order valence-electron chi connectivity index (χ1n) is 22.1. The summed E-state index contributed by atoms with van der Waals surface area (Å²) in [6.45, 7) is 22.0. The molecule has 16 heteroatoms. The highest BCUT2D eigenvalue weighted by Gasteiger charge is 2.35. The van der Waals surface area contributed by atoms with Crippen molar-refractivity contribution in [3.63, 3.8) is 0 Å². The SMILES string of the molecule is CCc1cc(-c2noc(-c3cc(C)nc(N(CC)CC)c3)n2)cc(C)c1OCC(O)C(O)C(Oc1c(C)cc(-c2noc(-c3cc(C)nc(N(CC)CC)c3)n2)cc1CC)C(O)CO. The Kier molecular flexibility index (Phi) is 15.7. The van der Waals surface area contributed by atoms with Crippen LogP contribution in [-0.2, 0) is 12.8 Å². The van der Waals surface area contributed by atoms with Crippen molar-refractivity contribution in [3.8, 4) is 57.2 Å². The number of anilines is 2. The van der Waals surface area contributed by atoms with Crippen molar-refractivity contribution in [2.75, 3.05) is 49.2 Å². The van der Waals surface area contributed by atoms with Crippen molar-refractivity contribution >= 4 is 11.6 Å². The lowest BCUT2D eigenvalue weighted by molar-refractivity contribution is -0.111. The van der Waals surface area contributed by atoms with Crippen molar-refractivity contribution in [1.29, 1.82) is 0 Å². The third-order valence-electron chi connectivity index (χ3n) is 11.3. The standard InChI is InChI=1S/C48H62N8O8/c1-11-31-21-33(45-51-47(63-53-45)35-19-29(9)49-39(23-35)55(13-3)14-4)17-27(7)42(31)61-26-38(59)41(60)44(37(58)25-57)62-43-28(8)18-34(22-32(43)12-2)46-52-48(64-54-46)36-20-30(10)50-40(24-36)56(15-5)16-6/h17-24,37-38,41,44,57-60H,11-16,25-26H2,1-10H3. The molecule has 6 aromatic rings. The van der Waals surface area contributed by atoms with E-state index in [4.69, 9.17) is 28.5 Å². The average Bonchev–Trinajstić information content (AvgIpc) is 4.00. The molecule has 0 aliphatic carbocycles. The van der Waals surface area contributed by atoms with Gasteiger partial charge >= 0.3 is 0 Å². The predicted octanol–water partition coefficient (Wildman–Crippen LogP) is 6.86. The van der Waals surface area contributed by atoms with Crippen molar-refractivity contribution in [2.45, 2.75) is 106 Å². The van der Waals surface area contributed by atoms with E-state index >= 15 is 0 Å². The number of pyridine rings is 2. The summed E-state index contributed by atoms with van der Waals surface area (Å²) in [5.74, 6) is 4.11. The second-order valence-corrected chi connectivity index (χ2v) is 15.9. The molecular formula is C48H62N8O8. The molecule has 0 amide bonds. The average molecular weight is 879 g/mol. The van der Waals surface area contributed by atoms with E-state index in [1.54, 1.807) is 0 Å². The van der Waals surface area contributed by atoms with Crippen LogP contribution in [0.4, 0.5) is 11.6 Å². The van der Waals surface area contributed by atoms with Crippen molar-refractivity contribution in [3.05, 3.63) is 82.2 Å². The van der Waals surface area contributed by atoms with E-state index in [-0.39, 0.29) is 6.61 Å². The first-order chi connectivity index (χ1) is 30.7. The molecule has 0 spiro atoms. The fourth-order valence-electron chi connectivity index (χ4n) is 7.84. The topological polar surface area (TPSA) is 209 Å². The Morgan fingerprint density at radius 1 is 0.562 bits per heavy atom. The first-order valence-corrected chi connectivity index (χ1v) is 22.1. The molecule has 4 N–H and O–H groups in total. The highest BCUT2D eigenvalue weighted by Crippen LogP contribution is 2.35. The Morgan fingerprint density at radius 3 is 1.45 bits per heavy atom. The van der Waals surface area contributed by atoms with Gasteiger partial charge in [0.1, 0.15) is 48.1 Å². The summed E-state index contributed by atoms with van der Waals surface area (Å²) < 4.78 is 23.9. The van der Waals surface area contributed by atoms with E-state index < -0.39 is 31.0 Å². The maximum atomic E-state index is 11.5. The molecule has 4 unspecified atom stereocenters. The fourth-order valence-corrected chi connectivity index (χ4v) is 7.84. The monoisotopic (exact) mass is 878 g/mol. The van der Waals surface area contributed by atoms with Crippen molar-refractivity contribution in [1.82, 2.24) is 30.2 Å². The van der Waals surface area contributed by atoms with Crippen LogP contribution in [0.15, 0.2) is 57.6 Å². The summed E-state index contributed by atoms with van der Waals surface area (Å²) in [7, 11) is 0. The fraction of sp³-hybridized carbons (Fsp3) is 0.458. The van der Waals surface area contributed by atoms with Crippen LogP contribution < -0.4 is 19.3 Å². The molecular weight excluding hydrogens is 817 g/mol. The molecule has 2 aromatic carbocycles. The van der Waals surface area contributed by atoms with Crippen LogP contribution in [0.3, 0.4) is 0 Å². The van der Waals surface area contributed by atoms with Crippen LogP contribution in [0.1, 0.15) is 75.2 Å². The molecule has 6 rings (SSSR count). The molecule has 4 atom stereocenters. The molecule has 0 aliphatic heterocycles. The largest absolute Gasteiger partial charge is 0.490 e. The van der Waals surface area contributed by atoms with E-state index in [1.165, 1.54) is 0 Å². The molecule has 0 fully saturated rings. The van der Waals surface area contributed by atoms with Gasteiger partial charge in [0.25, 0.3) is 11.8 Å². The Hall–Kier alpha value is -5.94. The van der Waals surface area contributed by atoms with Crippen LogP contribution in [-0.4, -0.2) is 114 Å².